The third-order valence-corrected chi connectivity index (χ3v) is 1.68. The molecular weight excluding hydrogens is 158 g/mol. The molecular formula is C7H9N3O2. The van der Waals surface area contributed by atoms with Crippen molar-refractivity contribution in [1.29, 1.82) is 0 Å². The number of aromatic nitrogens is 1. The van der Waals surface area contributed by atoms with Crippen LogP contribution < -0.4 is 10.6 Å². The summed E-state index contributed by atoms with van der Waals surface area (Å²) in [5.41, 5.74) is 5.35. The van der Waals surface area contributed by atoms with Crippen molar-refractivity contribution in [2.75, 3.05) is 18.0 Å². The largest absolute Gasteiger partial charge is 0.425 e. The van der Waals surface area contributed by atoms with Gasteiger partial charge in [0.1, 0.15) is 0 Å². The molecule has 0 saturated carbocycles. The van der Waals surface area contributed by atoms with Gasteiger partial charge in [-0.15, -0.1) is 0 Å². The molecule has 5 heteroatoms. The number of rotatable bonds is 2. The Hall–Kier alpha value is -1.52. The molecule has 0 aliphatic carbocycles. The lowest BCUT2D eigenvalue weighted by molar-refractivity contribution is 0.0996. The van der Waals surface area contributed by atoms with Crippen molar-refractivity contribution in [2.45, 2.75) is 6.92 Å². The van der Waals surface area contributed by atoms with Crippen LogP contribution in [0.25, 0.3) is 0 Å². The molecule has 12 heavy (non-hydrogen) atoms. The van der Waals surface area contributed by atoms with Gasteiger partial charge in [0.2, 0.25) is 5.88 Å². The Morgan fingerprint density at radius 3 is 2.83 bits per heavy atom. The molecule has 0 radical (unpaired) electrons. The Morgan fingerprint density at radius 1 is 1.67 bits per heavy atom. The molecule has 1 aromatic rings. The Balaban J connectivity index is 2.43. The molecule has 5 nitrogen and oxygen atoms in total. The summed E-state index contributed by atoms with van der Waals surface area (Å²) in [6.45, 7) is 3.52. The summed E-state index contributed by atoms with van der Waals surface area (Å²) in [6.07, 6.45) is 0. The van der Waals surface area contributed by atoms with E-state index in [1.165, 1.54) is 0 Å². The Morgan fingerprint density at radius 2 is 2.33 bits per heavy atom. The number of hydrogen-bond donors (Lipinski definition) is 1. The van der Waals surface area contributed by atoms with E-state index in [-0.39, 0.29) is 5.69 Å². The molecule has 0 aromatic carbocycles. The van der Waals surface area contributed by atoms with Crippen LogP contribution >= 0.6 is 0 Å². The third-order valence-electron chi connectivity index (χ3n) is 1.68. The molecule has 1 fully saturated rings. The van der Waals surface area contributed by atoms with Gasteiger partial charge >= 0.3 is 0 Å². The highest BCUT2D eigenvalue weighted by Gasteiger charge is 2.28. The van der Waals surface area contributed by atoms with Crippen LogP contribution in [0.15, 0.2) is 4.42 Å². The summed E-state index contributed by atoms with van der Waals surface area (Å²) in [7, 11) is 0. The molecule has 1 aromatic heterocycles. The Labute approximate surface area is 69.2 Å². The van der Waals surface area contributed by atoms with Crippen molar-refractivity contribution in [3.8, 4) is 0 Å². The van der Waals surface area contributed by atoms with Gasteiger partial charge in [-0.3, -0.25) is 4.79 Å². The van der Waals surface area contributed by atoms with E-state index in [1.807, 2.05) is 4.90 Å². The molecule has 2 N–H and O–H groups in total. The van der Waals surface area contributed by atoms with Crippen LogP contribution in [0.3, 0.4) is 0 Å². The fraction of sp³-hybridized carbons (Fsp3) is 0.429. The predicted molar refractivity (Wildman–Crippen MR) is 42.0 cm³/mol. The number of amides is 1. The summed E-state index contributed by atoms with van der Waals surface area (Å²) in [6, 6.07) is 0. The van der Waals surface area contributed by atoms with Crippen molar-refractivity contribution in [3.05, 3.63) is 11.6 Å². The van der Waals surface area contributed by atoms with Gasteiger partial charge in [-0.2, -0.15) is 0 Å². The van der Waals surface area contributed by atoms with Gasteiger partial charge in [0.25, 0.3) is 5.91 Å². The first-order chi connectivity index (χ1) is 5.68. The second-order valence-electron chi connectivity index (χ2n) is 2.74. The van der Waals surface area contributed by atoms with Gasteiger partial charge in [0.05, 0.1) is 0 Å². The number of oxazole rings is 1. The monoisotopic (exact) mass is 167 g/mol. The van der Waals surface area contributed by atoms with Crippen LogP contribution in [0.4, 0.5) is 5.88 Å². The second kappa shape index (κ2) is 2.23. The molecule has 1 aliphatic heterocycles. The topological polar surface area (TPSA) is 72.1 Å². The van der Waals surface area contributed by atoms with Gasteiger partial charge < -0.3 is 15.1 Å². The Bertz CT molecular complexity index is 327. The van der Waals surface area contributed by atoms with E-state index in [9.17, 15) is 4.79 Å². The lowest BCUT2D eigenvalue weighted by atomic mass is 10.4. The van der Waals surface area contributed by atoms with Crippen molar-refractivity contribution in [2.24, 2.45) is 5.73 Å². The summed E-state index contributed by atoms with van der Waals surface area (Å²) in [5.74, 6) is 0.458. The minimum atomic E-state index is -0.534. The first kappa shape index (κ1) is 7.15. The predicted octanol–water partition coefficient (Wildman–Crippen LogP) is -0.0981. The van der Waals surface area contributed by atoms with Crippen LogP contribution in [0.5, 0.6) is 0 Å². The number of primary amides is 1. The van der Waals surface area contributed by atoms with E-state index >= 15 is 0 Å². The Kier molecular flexibility index (Phi) is 1.33. The molecule has 0 spiro atoms. The quantitative estimate of drug-likeness (QED) is 0.624. The molecule has 64 valence electrons. The zero-order chi connectivity index (χ0) is 8.72. The van der Waals surface area contributed by atoms with E-state index < -0.39 is 5.91 Å². The van der Waals surface area contributed by atoms with Gasteiger partial charge in [0.15, 0.2) is 11.6 Å². The minimum absolute atomic E-state index is 0.241. The summed E-state index contributed by atoms with van der Waals surface area (Å²) < 4.78 is 5.21. The standard InChI is InChI=1S/C7H9N3O2/c1-4-9-5(6(8)11)7(12-4)10-2-3-10/h2-3H2,1H3,(H2,8,11). The SMILES string of the molecule is Cc1nc(C(N)=O)c(N2CC2)o1. The highest BCUT2D eigenvalue weighted by Crippen LogP contribution is 2.26. The van der Waals surface area contributed by atoms with Crippen LogP contribution in [0, 0.1) is 6.92 Å². The van der Waals surface area contributed by atoms with Crippen LogP contribution in [-0.2, 0) is 0 Å². The van der Waals surface area contributed by atoms with Crippen molar-refractivity contribution >= 4 is 11.8 Å². The second-order valence-corrected chi connectivity index (χ2v) is 2.74. The molecule has 2 rings (SSSR count). The first-order valence-electron chi connectivity index (χ1n) is 3.70. The number of carbonyl (C=O) groups excluding carboxylic acids is 1. The zero-order valence-corrected chi connectivity index (χ0v) is 6.70. The number of aryl methyl sites for hydroxylation is 1. The van der Waals surface area contributed by atoms with Gasteiger partial charge in [0, 0.05) is 20.0 Å². The number of anilines is 1. The summed E-state index contributed by atoms with van der Waals surface area (Å²) >= 11 is 0. The van der Waals surface area contributed by atoms with Crippen molar-refractivity contribution < 1.29 is 9.21 Å². The number of carbonyl (C=O) groups is 1. The fourth-order valence-electron chi connectivity index (χ4n) is 1.04. The molecule has 0 unspecified atom stereocenters. The van der Waals surface area contributed by atoms with E-state index in [2.05, 4.69) is 4.98 Å². The molecule has 2 heterocycles. The maximum Gasteiger partial charge on any atom is 0.273 e. The fourth-order valence-corrected chi connectivity index (χ4v) is 1.04. The minimum Gasteiger partial charge on any atom is -0.425 e. The highest BCUT2D eigenvalue weighted by atomic mass is 16.4. The zero-order valence-electron chi connectivity index (χ0n) is 6.70. The highest BCUT2D eigenvalue weighted by molar-refractivity contribution is 5.95. The van der Waals surface area contributed by atoms with Gasteiger partial charge in [-0.25, -0.2) is 4.98 Å². The molecule has 0 atom stereocenters. The van der Waals surface area contributed by atoms with Gasteiger partial charge in [-0.05, 0) is 0 Å². The first-order valence-corrected chi connectivity index (χ1v) is 3.70. The van der Waals surface area contributed by atoms with E-state index in [1.54, 1.807) is 6.92 Å². The van der Waals surface area contributed by atoms with E-state index in [0.717, 1.165) is 13.1 Å². The maximum absolute atomic E-state index is 10.8. The lowest BCUT2D eigenvalue weighted by Gasteiger charge is -1.95. The number of nitrogens with two attached hydrogens (primary N) is 1. The average molecular weight is 167 g/mol. The smallest absolute Gasteiger partial charge is 0.273 e. The molecule has 1 aliphatic rings. The average Bonchev–Trinajstić information content (AvgIpc) is 2.75. The van der Waals surface area contributed by atoms with Crippen molar-refractivity contribution in [1.82, 2.24) is 4.98 Å². The van der Waals surface area contributed by atoms with Crippen molar-refractivity contribution in [3.63, 3.8) is 0 Å². The third kappa shape index (κ3) is 1.03. The maximum atomic E-state index is 10.8. The van der Waals surface area contributed by atoms with E-state index in [4.69, 9.17) is 10.2 Å². The summed E-state index contributed by atoms with van der Waals surface area (Å²) in [4.78, 5) is 16.6. The normalized spacial score (nSPS) is 14.9. The van der Waals surface area contributed by atoms with Crippen LogP contribution in [0.2, 0.25) is 0 Å². The molecule has 1 amide bonds. The number of hydrogen-bond acceptors (Lipinski definition) is 4. The van der Waals surface area contributed by atoms with Crippen LogP contribution in [-0.4, -0.2) is 24.0 Å². The van der Waals surface area contributed by atoms with Crippen LogP contribution in [0.1, 0.15) is 16.4 Å². The molecule has 1 saturated heterocycles. The summed E-state index contributed by atoms with van der Waals surface area (Å²) in [5, 5.41) is 0. The van der Waals surface area contributed by atoms with Gasteiger partial charge in [-0.1, -0.05) is 0 Å². The number of nitrogens with zero attached hydrogens (tertiary/aromatic N) is 2. The van der Waals surface area contributed by atoms with E-state index in [0.29, 0.717) is 11.8 Å². The molecule has 0 bridgehead atoms. The lowest BCUT2D eigenvalue weighted by Crippen LogP contribution is -2.13.